The summed E-state index contributed by atoms with van der Waals surface area (Å²) in [5.41, 5.74) is 2.24. The van der Waals surface area contributed by atoms with Crippen molar-refractivity contribution in [2.45, 2.75) is 26.8 Å². The molecule has 0 aliphatic rings. The van der Waals surface area contributed by atoms with Gasteiger partial charge in [0.15, 0.2) is 0 Å². The summed E-state index contributed by atoms with van der Waals surface area (Å²) in [6, 6.07) is 14.7. The van der Waals surface area contributed by atoms with Crippen molar-refractivity contribution in [1.29, 1.82) is 0 Å². The average Bonchev–Trinajstić information content (AvgIpc) is 3.30. The molecule has 0 aliphatic heterocycles. The second-order valence-electron chi connectivity index (χ2n) is 8.02. The van der Waals surface area contributed by atoms with Crippen LogP contribution in [0.15, 0.2) is 65.7 Å². The van der Waals surface area contributed by atoms with Crippen molar-refractivity contribution in [1.82, 2.24) is 24.5 Å². The number of aryl methyl sites for hydroxylation is 2. The average molecular weight is 480 g/mol. The van der Waals surface area contributed by atoms with Gasteiger partial charge >= 0.3 is 0 Å². The highest BCUT2D eigenvalue weighted by Gasteiger charge is 2.21. The fourth-order valence-corrected chi connectivity index (χ4v) is 4.79. The number of para-hydroxylation sites is 1. The first kappa shape index (κ1) is 22.4. The highest BCUT2D eigenvalue weighted by Crippen LogP contribution is 2.32. The van der Waals surface area contributed by atoms with Gasteiger partial charge in [0.05, 0.1) is 39.1 Å². The molecule has 9 heteroatoms. The molecular weight excluding hydrogens is 458 g/mol. The zero-order valence-electron chi connectivity index (χ0n) is 19.4. The predicted octanol–water partition coefficient (Wildman–Crippen LogP) is 5.64. The quantitative estimate of drug-likeness (QED) is 0.328. The van der Waals surface area contributed by atoms with E-state index in [4.69, 9.17) is 11.6 Å². The highest BCUT2D eigenvalue weighted by atomic mass is 32.1. The molecule has 8 nitrogen and oxygen atoms in total. The van der Waals surface area contributed by atoms with Crippen LogP contribution >= 0.6 is 11.3 Å². The minimum Gasteiger partial charge on any atom is -0.369 e. The van der Waals surface area contributed by atoms with Gasteiger partial charge in [-0.3, -0.25) is 14.3 Å². The van der Waals surface area contributed by atoms with Crippen molar-refractivity contribution in [3.05, 3.63) is 99.4 Å². The number of anilines is 1. The molecule has 0 fully saturated rings. The van der Waals surface area contributed by atoms with Crippen LogP contribution in [0.2, 0.25) is 0 Å². The van der Waals surface area contributed by atoms with Crippen molar-refractivity contribution in [2.24, 2.45) is 0 Å². The smallest absolute Gasteiger partial charge is 0.266 e. The molecule has 0 amide bonds. The zero-order valence-corrected chi connectivity index (χ0v) is 20.2. The second-order valence-corrected chi connectivity index (χ2v) is 9.25. The van der Waals surface area contributed by atoms with Crippen LogP contribution in [-0.2, 0) is 0 Å². The molecule has 5 rings (SSSR count). The van der Waals surface area contributed by atoms with Crippen LogP contribution in [0.5, 0.6) is 0 Å². The molecule has 5 aromatic rings. The van der Waals surface area contributed by atoms with Gasteiger partial charge < -0.3 is 5.32 Å². The predicted molar refractivity (Wildman–Crippen MR) is 138 cm³/mol. The first-order valence-corrected chi connectivity index (χ1v) is 11.8. The Morgan fingerprint density at radius 3 is 2.54 bits per heavy atom. The van der Waals surface area contributed by atoms with Gasteiger partial charge in [-0.1, -0.05) is 30.3 Å². The lowest BCUT2D eigenvalue weighted by molar-refractivity contribution is 0.730. The third kappa shape index (κ3) is 4.16. The van der Waals surface area contributed by atoms with E-state index in [0.29, 0.717) is 39.7 Å². The molecule has 0 radical (unpaired) electrons. The molecule has 2 aromatic carbocycles. The summed E-state index contributed by atoms with van der Waals surface area (Å²) >= 11 is 1.54. The Morgan fingerprint density at radius 1 is 1.03 bits per heavy atom. The molecule has 35 heavy (non-hydrogen) atoms. The lowest BCUT2D eigenvalue weighted by Crippen LogP contribution is -2.27. The fourth-order valence-electron chi connectivity index (χ4n) is 3.98. The third-order valence-electron chi connectivity index (χ3n) is 5.58. The van der Waals surface area contributed by atoms with E-state index in [1.807, 2.05) is 62.4 Å². The molecule has 0 aliphatic carbocycles. The van der Waals surface area contributed by atoms with Crippen molar-refractivity contribution in [3.8, 4) is 16.1 Å². The van der Waals surface area contributed by atoms with E-state index in [-0.39, 0.29) is 5.56 Å². The molecule has 1 atom stereocenters. The Hall–Kier alpha value is -4.42. The van der Waals surface area contributed by atoms with Crippen molar-refractivity contribution >= 4 is 33.7 Å². The summed E-state index contributed by atoms with van der Waals surface area (Å²) in [5, 5.41) is 4.74. The van der Waals surface area contributed by atoms with E-state index < -0.39 is 6.04 Å². The van der Waals surface area contributed by atoms with Crippen LogP contribution in [0.25, 0.3) is 31.9 Å². The molecule has 0 spiro atoms. The SMILES string of the molecule is [C-]#[N+]c1cnc(C)nc1N[C@@H](C)c1nc2cccc(-c3cnc(C)s3)c2c(=O)n1-c1ccccc1. The number of nitrogens with zero attached hydrogens (tertiary/aromatic N) is 6. The summed E-state index contributed by atoms with van der Waals surface area (Å²) in [4.78, 5) is 36.4. The monoisotopic (exact) mass is 479 g/mol. The van der Waals surface area contributed by atoms with E-state index in [0.717, 1.165) is 15.4 Å². The summed E-state index contributed by atoms with van der Waals surface area (Å²) in [7, 11) is 0. The molecule has 0 unspecified atom stereocenters. The fraction of sp³-hybridized carbons (Fsp3) is 0.154. The Kier molecular flexibility index (Phi) is 5.81. The maximum Gasteiger partial charge on any atom is 0.266 e. The van der Waals surface area contributed by atoms with Gasteiger partial charge in [-0.15, -0.1) is 11.3 Å². The van der Waals surface area contributed by atoms with Crippen LogP contribution in [0.1, 0.15) is 29.6 Å². The number of nitrogens with one attached hydrogen (secondary N) is 1. The summed E-state index contributed by atoms with van der Waals surface area (Å²) in [6.45, 7) is 13.1. The van der Waals surface area contributed by atoms with Gasteiger partial charge in [-0.25, -0.2) is 19.8 Å². The number of benzene rings is 2. The Bertz CT molecular complexity index is 1650. The molecule has 3 aromatic heterocycles. The Balaban J connectivity index is 1.74. The molecule has 0 bridgehead atoms. The lowest BCUT2D eigenvalue weighted by atomic mass is 10.1. The van der Waals surface area contributed by atoms with E-state index in [9.17, 15) is 4.79 Å². The van der Waals surface area contributed by atoms with Crippen LogP contribution in [0, 0.1) is 20.4 Å². The molecule has 1 N–H and O–H groups in total. The van der Waals surface area contributed by atoms with Gasteiger partial charge in [0, 0.05) is 18.0 Å². The first-order chi connectivity index (χ1) is 17.0. The van der Waals surface area contributed by atoms with Gasteiger partial charge in [0.25, 0.3) is 5.56 Å². The normalized spacial score (nSPS) is 11.8. The number of aromatic nitrogens is 5. The third-order valence-corrected chi connectivity index (χ3v) is 6.52. The minimum absolute atomic E-state index is 0.171. The minimum atomic E-state index is -0.434. The number of fused-ring (bicyclic) bond motifs is 1. The Labute approximate surface area is 205 Å². The molecule has 172 valence electrons. The zero-order chi connectivity index (χ0) is 24.5. The topological polar surface area (TPSA) is 90.0 Å². The van der Waals surface area contributed by atoms with Crippen molar-refractivity contribution in [2.75, 3.05) is 5.32 Å². The Morgan fingerprint density at radius 2 is 1.83 bits per heavy atom. The van der Waals surface area contributed by atoms with Gasteiger partial charge in [-0.2, -0.15) is 0 Å². The van der Waals surface area contributed by atoms with Crippen LogP contribution in [-0.4, -0.2) is 24.5 Å². The molecule has 0 saturated heterocycles. The van der Waals surface area contributed by atoms with E-state index in [1.54, 1.807) is 29.0 Å². The van der Waals surface area contributed by atoms with Gasteiger partial charge in [0.2, 0.25) is 5.69 Å². The maximum absolute atomic E-state index is 14.1. The van der Waals surface area contributed by atoms with Crippen molar-refractivity contribution in [3.63, 3.8) is 0 Å². The summed E-state index contributed by atoms with van der Waals surface area (Å²) < 4.78 is 1.63. The molecular formula is C26H21N7OS. The van der Waals surface area contributed by atoms with Gasteiger partial charge in [-0.05, 0) is 39.0 Å². The number of hydrogen-bond acceptors (Lipinski definition) is 7. The van der Waals surface area contributed by atoms with Crippen LogP contribution in [0.4, 0.5) is 11.5 Å². The molecule has 3 heterocycles. The largest absolute Gasteiger partial charge is 0.369 e. The summed E-state index contributed by atoms with van der Waals surface area (Å²) in [6.07, 6.45) is 3.29. The first-order valence-electron chi connectivity index (χ1n) is 11.0. The van der Waals surface area contributed by atoms with Crippen molar-refractivity contribution < 1.29 is 0 Å². The summed E-state index contributed by atoms with van der Waals surface area (Å²) in [5.74, 6) is 1.46. The van der Waals surface area contributed by atoms with Crippen LogP contribution in [0.3, 0.4) is 0 Å². The van der Waals surface area contributed by atoms with Crippen LogP contribution < -0.4 is 10.9 Å². The van der Waals surface area contributed by atoms with E-state index in [2.05, 4.69) is 25.1 Å². The number of thiazole rings is 1. The maximum atomic E-state index is 14.1. The number of hydrogen-bond donors (Lipinski definition) is 1. The van der Waals surface area contributed by atoms with E-state index in [1.165, 1.54) is 6.20 Å². The standard InChI is InChI=1S/C26H21N7OS/c1-15(30-24-21(27-4)13-28-16(2)31-24)25-32-20-12-8-11-19(22-14-29-17(3)35-22)23(20)26(34)33(25)18-9-6-5-7-10-18/h5-15H,1-3H3,(H,28,30,31)/t15-/m0/s1. The highest BCUT2D eigenvalue weighted by molar-refractivity contribution is 7.15. The van der Waals surface area contributed by atoms with Gasteiger partial charge in [0.1, 0.15) is 17.5 Å². The lowest BCUT2D eigenvalue weighted by Gasteiger charge is -2.21. The molecule has 0 saturated carbocycles. The van der Waals surface area contributed by atoms with E-state index >= 15 is 0 Å². The number of rotatable bonds is 5. The second kappa shape index (κ2) is 9.08.